The predicted octanol–water partition coefficient (Wildman–Crippen LogP) is 2.54. The Morgan fingerprint density at radius 1 is 0.326 bits per heavy atom. The van der Waals surface area contributed by atoms with Gasteiger partial charge in [-0.15, -0.1) is 0 Å². The van der Waals surface area contributed by atoms with Crippen molar-refractivity contribution in [3.8, 4) is 0 Å². The molecule has 0 unspecified atom stereocenters. The van der Waals surface area contributed by atoms with Crippen molar-refractivity contribution in [1.29, 1.82) is 0 Å². The van der Waals surface area contributed by atoms with E-state index in [1.54, 1.807) is 0 Å². The first-order valence-corrected chi connectivity index (χ1v) is 11.5. The van der Waals surface area contributed by atoms with Crippen LogP contribution in [0.1, 0.15) is 51.4 Å². The van der Waals surface area contributed by atoms with E-state index in [-0.39, 0.29) is 39.0 Å². The van der Waals surface area contributed by atoms with Crippen LogP contribution in [0, 0.1) is 0 Å². The van der Waals surface area contributed by atoms with Crippen molar-refractivity contribution in [2.45, 2.75) is 76.1 Å². The number of hydrogen-bond donors (Lipinski definition) is 0. The first-order valence-electron chi connectivity index (χ1n) is 11.5. The van der Waals surface area contributed by atoms with Crippen LogP contribution in [0.15, 0.2) is 48.6 Å². The molecule has 0 aromatic rings. The third kappa shape index (κ3) is 48.2. The monoisotopic (exact) mass is 872 g/mol. The summed E-state index contributed by atoms with van der Waals surface area (Å²) in [6, 6.07) is 0. The van der Waals surface area contributed by atoms with Gasteiger partial charge in [0.15, 0.2) is 0 Å². The molecule has 0 saturated carbocycles. The van der Waals surface area contributed by atoms with Gasteiger partial charge in [0.1, 0.15) is 23.9 Å². The van der Waals surface area contributed by atoms with Gasteiger partial charge in [0, 0.05) is 0 Å². The van der Waals surface area contributed by atoms with Gasteiger partial charge in [0.05, 0.1) is 0 Å². The second kappa shape index (κ2) is 29.6. The Kier molecular flexibility index (Phi) is 35.8. The summed E-state index contributed by atoms with van der Waals surface area (Å²) in [6.07, 6.45) is 7.22. The zero-order valence-corrected chi connectivity index (χ0v) is 26.3. The van der Waals surface area contributed by atoms with E-state index in [1.807, 2.05) is 0 Å². The van der Waals surface area contributed by atoms with Crippen LogP contribution in [0.2, 0.25) is 0 Å². The Morgan fingerprint density at radius 3 is 0.435 bits per heavy atom. The molecule has 268 valence electrons. The predicted molar refractivity (Wildman–Crippen MR) is 118 cm³/mol. The Morgan fingerprint density at radius 2 is 0.391 bits per heavy atom. The topological polar surface area (TPSA) is 161 Å². The van der Waals surface area contributed by atoms with Crippen LogP contribution in [-0.2, 0) is 58.1 Å². The third-order valence-electron chi connectivity index (χ3n) is 3.59. The van der Waals surface area contributed by atoms with E-state index < -0.39 is 48.6 Å². The van der Waals surface area contributed by atoms with Gasteiger partial charge in [-0.05, 0) is 51.4 Å². The number of rotatable bonds is 0. The van der Waals surface area contributed by atoms with Crippen LogP contribution < -0.4 is 20.4 Å². The zero-order chi connectivity index (χ0) is 35.6. The average Bonchev–Trinajstić information content (AvgIpc) is 2.77. The number of carbonyl (C=O) groups excluding carboxylic acids is 4. The van der Waals surface area contributed by atoms with Gasteiger partial charge in [-0.25, -0.2) is 0 Å². The molecule has 0 aromatic heterocycles. The number of hydrogen-bond acceptors (Lipinski definition) is 8. The molecule has 0 N–H and O–H groups in total. The summed E-state index contributed by atoms with van der Waals surface area (Å²) in [5.74, 6) is -12.0. The second-order valence-corrected chi connectivity index (χ2v) is 7.34. The van der Waals surface area contributed by atoms with Gasteiger partial charge in [-0.2, -0.15) is 52.7 Å². The maximum absolute atomic E-state index is 10.5. The molecule has 0 spiro atoms. The van der Waals surface area contributed by atoms with Crippen LogP contribution in [0.5, 0.6) is 0 Å². The number of carbonyl (C=O) groups is 4. The molecular formula is C24H24F12O8Ru2. The molecule has 2 rings (SSSR count). The van der Waals surface area contributed by atoms with Crippen molar-refractivity contribution in [2.75, 3.05) is 0 Å². The number of carboxylic acids is 4. The van der Waals surface area contributed by atoms with Gasteiger partial charge in [0.2, 0.25) is 0 Å². The third-order valence-corrected chi connectivity index (χ3v) is 3.59. The number of aliphatic carboxylic acids is 4. The van der Waals surface area contributed by atoms with E-state index >= 15 is 0 Å². The molecule has 0 radical (unpaired) electrons. The van der Waals surface area contributed by atoms with Crippen LogP contribution in [-0.4, -0.2) is 48.6 Å². The van der Waals surface area contributed by atoms with Crippen LogP contribution in [0.4, 0.5) is 52.7 Å². The van der Waals surface area contributed by atoms with Gasteiger partial charge >= 0.3 is 63.7 Å². The van der Waals surface area contributed by atoms with Gasteiger partial charge in [0.25, 0.3) is 0 Å². The van der Waals surface area contributed by atoms with Crippen molar-refractivity contribution < 1.29 is 131 Å². The second-order valence-electron chi connectivity index (χ2n) is 7.34. The average molecular weight is 871 g/mol. The normalized spacial score (nSPS) is 16.6. The first kappa shape index (κ1) is 55.6. The molecule has 0 aliphatic heterocycles. The summed E-state index contributed by atoms with van der Waals surface area (Å²) in [4.78, 5) is 35.1. The maximum atomic E-state index is 10.5. The van der Waals surface area contributed by atoms with Crippen molar-refractivity contribution in [3.63, 3.8) is 0 Å². The van der Waals surface area contributed by atoms with Crippen molar-refractivity contribution in [3.05, 3.63) is 48.6 Å². The van der Waals surface area contributed by atoms with E-state index in [0.29, 0.717) is 0 Å². The van der Waals surface area contributed by atoms with Crippen LogP contribution in [0.3, 0.4) is 0 Å². The first-order chi connectivity index (χ1) is 19.8. The fourth-order valence-corrected chi connectivity index (χ4v) is 1.71. The largest absolute Gasteiger partial charge is 2.00 e. The van der Waals surface area contributed by atoms with Gasteiger partial charge < -0.3 is 39.6 Å². The Hall–Kier alpha value is -2.75. The van der Waals surface area contributed by atoms with Gasteiger partial charge in [-0.1, -0.05) is 48.6 Å². The van der Waals surface area contributed by atoms with Crippen molar-refractivity contribution in [1.82, 2.24) is 0 Å². The number of halogens is 12. The van der Waals surface area contributed by atoms with Crippen LogP contribution in [0.25, 0.3) is 0 Å². The molecule has 2 aliphatic carbocycles. The van der Waals surface area contributed by atoms with E-state index in [1.165, 1.54) is 51.4 Å². The summed E-state index contributed by atoms with van der Waals surface area (Å²) in [5.41, 5.74) is 0. The van der Waals surface area contributed by atoms with Gasteiger partial charge in [-0.3, -0.25) is 0 Å². The van der Waals surface area contributed by atoms with Crippen molar-refractivity contribution in [2.24, 2.45) is 0 Å². The standard InChI is InChI=1S/2C8H12.4C2HF3O2.2Ru/c2*1-2-4-6-8-7-5-3-1;4*3-2(4,5)1(6)7;;/h2*1-2,7-8H,3-6H2;4*(H,6,7);;/q;;;;;;2*+2/p-4/b2*2-1-,8-7-;;;;;;. The molecule has 2 aliphatic rings. The molecule has 0 fully saturated rings. The van der Waals surface area contributed by atoms with E-state index in [0.717, 1.165) is 0 Å². The number of carboxylic acid groups (broad SMARTS) is 4. The van der Waals surface area contributed by atoms with E-state index in [4.69, 9.17) is 39.6 Å². The van der Waals surface area contributed by atoms with E-state index in [2.05, 4.69) is 48.6 Å². The zero-order valence-electron chi connectivity index (χ0n) is 22.8. The summed E-state index contributed by atoms with van der Waals surface area (Å²) in [6.45, 7) is 0. The molecule has 0 amide bonds. The summed E-state index contributed by atoms with van der Waals surface area (Å²) >= 11 is 0. The molecule has 0 heterocycles. The molecule has 0 atom stereocenters. The fourth-order valence-electron chi connectivity index (χ4n) is 1.71. The minimum absolute atomic E-state index is 0. The Labute approximate surface area is 279 Å². The minimum atomic E-state index is -5.19. The molecule has 0 aromatic carbocycles. The summed E-state index contributed by atoms with van der Waals surface area (Å²) in [7, 11) is 0. The quantitative estimate of drug-likeness (QED) is 0.204. The minimum Gasteiger partial charge on any atom is -0.542 e. The SMILES string of the molecule is C1=C\CC/C=C\CC/1.C1=C\CC/C=C\CC/1.O=C([O-])C(F)(F)F.O=C([O-])C(F)(F)F.O=C([O-])C(F)(F)F.O=C([O-])C(F)(F)F.[Ru+2].[Ru+2]. The maximum Gasteiger partial charge on any atom is 2.00 e. The molecular weight excluding hydrogens is 846 g/mol. The molecule has 0 saturated heterocycles. The number of allylic oxidation sites excluding steroid dienone is 8. The molecule has 0 bridgehead atoms. The molecule has 46 heavy (non-hydrogen) atoms. The Bertz CT molecular complexity index is 779. The molecule has 22 heteroatoms. The fraction of sp³-hybridized carbons (Fsp3) is 0.500. The van der Waals surface area contributed by atoms with Crippen molar-refractivity contribution >= 4 is 23.9 Å². The molecule has 8 nitrogen and oxygen atoms in total. The van der Waals surface area contributed by atoms with E-state index in [9.17, 15) is 52.7 Å². The van der Waals surface area contributed by atoms with Crippen LogP contribution >= 0.6 is 0 Å². The summed E-state index contributed by atoms with van der Waals surface area (Å²) in [5, 5.41) is 35.1. The Balaban J connectivity index is -0.000000104. The summed E-state index contributed by atoms with van der Waals surface area (Å²) < 4.78 is 126. The number of alkyl halides is 12. The smallest absolute Gasteiger partial charge is 0.542 e.